The number of alkyl halides is 1. The van der Waals surface area contributed by atoms with Gasteiger partial charge in [-0.05, 0) is 48.1 Å². The van der Waals surface area contributed by atoms with Gasteiger partial charge in [0.05, 0.1) is 11.0 Å². The molecule has 1 aliphatic rings. The highest BCUT2D eigenvalue weighted by atomic mass is 35.5. The Kier molecular flexibility index (Phi) is 2.45. The van der Waals surface area contributed by atoms with Gasteiger partial charge in [-0.15, -0.1) is 11.6 Å². The molecule has 0 aliphatic heterocycles. The third-order valence-electron chi connectivity index (χ3n) is 3.98. The van der Waals surface area contributed by atoms with Gasteiger partial charge in [-0.25, -0.2) is 4.39 Å². The number of benzene rings is 1. The summed E-state index contributed by atoms with van der Waals surface area (Å²) in [6.45, 7) is 0. The molecule has 20 heavy (non-hydrogen) atoms. The molecular weight excluding hydrogens is 279 g/mol. The zero-order valence-electron chi connectivity index (χ0n) is 10.6. The number of hydrogen-bond acceptors (Lipinski definition) is 1. The lowest BCUT2D eigenvalue weighted by molar-refractivity contribution is 0.639. The molecule has 0 amide bonds. The van der Waals surface area contributed by atoms with Crippen molar-refractivity contribution in [2.45, 2.75) is 24.6 Å². The first kappa shape index (κ1) is 12.0. The van der Waals surface area contributed by atoms with Crippen molar-refractivity contribution in [1.82, 2.24) is 9.38 Å². The summed E-state index contributed by atoms with van der Waals surface area (Å²) in [5.41, 5.74) is 3.43. The third-order valence-corrected chi connectivity index (χ3v) is 4.27. The van der Waals surface area contributed by atoms with Gasteiger partial charge in [0.15, 0.2) is 5.82 Å². The normalized spacial score (nSPS) is 15.3. The average Bonchev–Trinajstić information content (AvgIpc) is 3.21. The summed E-state index contributed by atoms with van der Waals surface area (Å²) in [7, 11) is 0. The van der Waals surface area contributed by atoms with Crippen LogP contribution in [0.15, 0.2) is 29.2 Å². The molecule has 2 aromatic heterocycles. The Hall–Kier alpha value is -1.81. The van der Waals surface area contributed by atoms with Crippen molar-refractivity contribution < 1.29 is 4.39 Å². The maximum absolute atomic E-state index is 13.7. The van der Waals surface area contributed by atoms with Crippen molar-refractivity contribution in [1.29, 1.82) is 0 Å². The second-order valence-electron chi connectivity index (χ2n) is 5.31. The maximum Gasteiger partial charge on any atom is 0.275 e. The fourth-order valence-corrected chi connectivity index (χ4v) is 3.08. The van der Waals surface area contributed by atoms with Gasteiger partial charge in [-0.2, -0.15) is 0 Å². The van der Waals surface area contributed by atoms with E-state index in [1.165, 1.54) is 24.5 Å². The van der Waals surface area contributed by atoms with Gasteiger partial charge >= 0.3 is 0 Å². The standard InChI is InChI=1S/C15H12ClFN2O/c16-7-9-5-12-13(6-10(9)8-1-2-8)19-4-3-11(17)14(19)15(20)18-12/h3-6,8H,1-2,7H2,(H,18,20). The zero-order valence-corrected chi connectivity index (χ0v) is 11.4. The molecule has 1 aromatic carbocycles. The second kappa shape index (κ2) is 4.09. The van der Waals surface area contributed by atoms with Gasteiger partial charge in [0.2, 0.25) is 0 Å². The third kappa shape index (κ3) is 1.61. The Morgan fingerprint density at radius 3 is 2.90 bits per heavy atom. The molecule has 4 rings (SSSR count). The Labute approximate surface area is 119 Å². The minimum absolute atomic E-state index is 0.0675. The van der Waals surface area contributed by atoms with Gasteiger partial charge in [0.25, 0.3) is 5.56 Å². The van der Waals surface area contributed by atoms with Gasteiger partial charge in [0, 0.05) is 12.1 Å². The van der Waals surface area contributed by atoms with Crippen molar-refractivity contribution >= 4 is 28.2 Å². The van der Waals surface area contributed by atoms with Crippen LogP contribution in [0.1, 0.15) is 29.9 Å². The largest absolute Gasteiger partial charge is 0.319 e. The van der Waals surface area contributed by atoms with E-state index in [0.717, 1.165) is 11.1 Å². The predicted octanol–water partition coefficient (Wildman–Crippen LogP) is 3.54. The van der Waals surface area contributed by atoms with Crippen LogP contribution in [0, 0.1) is 5.82 Å². The van der Waals surface area contributed by atoms with Crippen molar-refractivity contribution in [3.05, 3.63) is 51.7 Å². The molecule has 2 heterocycles. The highest BCUT2D eigenvalue weighted by molar-refractivity contribution is 6.17. The van der Waals surface area contributed by atoms with Crippen LogP contribution in [0.5, 0.6) is 0 Å². The number of halogens is 2. The zero-order chi connectivity index (χ0) is 13.9. The van der Waals surface area contributed by atoms with Crippen molar-refractivity contribution in [3.63, 3.8) is 0 Å². The number of nitrogens with one attached hydrogen (secondary N) is 1. The minimum atomic E-state index is -0.498. The summed E-state index contributed by atoms with van der Waals surface area (Å²) in [5.74, 6) is 0.472. The molecule has 1 fully saturated rings. The van der Waals surface area contributed by atoms with E-state index in [9.17, 15) is 9.18 Å². The molecule has 0 saturated heterocycles. The monoisotopic (exact) mass is 290 g/mol. The van der Waals surface area contributed by atoms with Crippen LogP contribution in [0.25, 0.3) is 16.6 Å². The summed E-state index contributed by atoms with van der Waals surface area (Å²) < 4.78 is 15.3. The molecule has 1 saturated carbocycles. The van der Waals surface area contributed by atoms with Gasteiger partial charge in [0.1, 0.15) is 5.52 Å². The van der Waals surface area contributed by atoms with Crippen LogP contribution in [-0.4, -0.2) is 9.38 Å². The van der Waals surface area contributed by atoms with E-state index in [4.69, 9.17) is 11.6 Å². The molecule has 3 nitrogen and oxygen atoms in total. The summed E-state index contributed by atoms with van der Waals surface area (Å²) in [4.78, 5) is 14.7. The molecule has 1 aliphatic carbocycles. The lowest BCUT2D eigenvalue weighted by atomic mass is 10.0. The van der Waals surface area contributed by atoms with E-state index in [-0.39, 0.29) is 5.52 Å². The van der Waals surface area contributed by atoms with E-state index in [1.807, 2.05) is 12.1 Å². The van der Waals surface area contributed by atoms with Crippen LogP contribution in [-0.2, 0) is 5.88 Å². The van der Waals surface area contributed by atoms with Crippen LogP contribution in [0.4, 0.5) is 4.39 Å². The lowest BCUT2D eigenvalue weighted by Crippen LogP contribution is -2.11. The van der Waals surface area contributed by atoms with Crippen molar-refractivity contribution in [2.24, 2.45) is 0 Å². The summed E-state index contributed by atoms with van der Waals surface area (Å²) in [6.07, 6.45) is 3.93. The van der Waals surface area contributed by atoms with Gasteiger partial charge in [-0.1, -0.05) is 0 Å². The Bertz CT molecular complexity index is 892. The summed E-state index contributed by atoms with van der Waals surface area (Å²) in [6, 6.07) is 5.26. The number of H-pyrrole nitrogens is 1. The topological polar surface area (TPSA) is 37.3 Å². The first-order valence-corrected chi connectivity index (χ1v) is 7.14. The van der Waals surface area contributed by atoms with Crippen LogP contribution in [0.3, 0.4) is 0 Å². The van der Waals surface area contributed by atoms with E-state index < -0.39 is 11.4 Å². The van der Waals surface area contributed by atoms with E-state index in [1.54, 1.807) is 10.6 Å². The van der Waals surface area contributed by atoms with Crippen LogP contribution < -0.4 is 5.56 Å². The van der Waals surface area contributed by atoms with E-state index >= 15 is 0 Å². The lowest BCUT2D eigenvalue weighted by Gasteiger charge is -2.10. The number of aromatic nitrogens is 2. The van der Waals surface area contributed by atoms with Crippen molar-refractivity contribution in [3.8, 4) is 0 Å². The minimum Gasteiger partial charge on any atom is -0.319 e. The Balaban J connectivity index is 2.15. The molecule has 0 radical (unpaired) electrons. The number of nitrogens with zero attached hydrogens (tertiary/aromatic N) is 1. The smallest absolute Gasteiger partial charge is 0.275 e. The number of fused-ring (bicyclic) bond motifs is 3. The SMILES string of the molecule is O=c1[nH]c2cc(CCl)c(C3CC3)cc2n2ccc(F)c12. The molecule has 0 bridgehead atoms. The molecule has 1 N–H and O–H groups in total. The van der Waals surface area contributed by atoms with Crippen LogP contribution >= 0.6 is 11.6 Å². The highest BCUT2D eigenvalue weighted by Gasteiger charge is 2.26. The number of rotatable bonds is 2. The maximum atomic E-state index is 13.7. The first-order valence-electron chi connectivity index (χ1n) is 6.60. The average molecular weight is 291 g/mol. The fourth-order valence-electron chi connectivity index (χ4n) is 2.85. The molecular formula is C15H12ClFN2O. The molecule has 5 heteroatoms. The van der Waals surface area contributed by atoms with Gasteiger partial charge in [-0.3, -0.25) is 4.79 Å². The number of hydrogen-bond donors (Lipinski definition) is 1. The van der Waals surface area contributed by atoms with Crippen LogP contribution in [0.2, 0.25) is 0 Å². The highest BCUT2D eigenvalue weighted by Crippen LogP contribution is 2.43. The number of aromatic amines is 1. The molecule has 0 unspecified atom stereocenters. The molecule has 102 valence electrons. The quantitative estimate of drug-likeness (QED) is 0.720. The van der Waals surface area contributed by atoms with E-state index in [2.05, 4.69) is 4.98 Å². The molecule has 0 spiro atoms. The van der Waals surface area contributed by atoms with E-state index in [0.29, 0.717) is 17.3 Å². The summed E-state index contributed by atoms with van der Waals surface area (Å²) >= 11 is 6.01. The predicted molar refractivity (Wildman–Crippen MR) is 77.0 cm³/mol. The Morgan fingerprint density at radius 2 is 2.20 bits per heavy atom. The summed E-state index contributed by atoms with van der Waals surface area (Å²) in [5, 5.41) is 0. The van der Waals surface area contributed by atoms with Gasteiger partial charge < -0.3 is 9.38 Å². The first-order chi connectivity index (χ1) is 9.69. The molecule has 0 atom stereocenters. The molecule has 3 aromatic rings. The second-order valence-corrected chi connectivity index (χ2v) is 5.58. The Morgan fingerprint density at radius 1 is 1.40 bits per heavy atom. The van der Waals surface area contributed by atoms with Crippen molar-refractivity contribution in [2.75, 3.05) is 0 Å². The fraction of sp³-hybridized carbons (Fsp3) is 0.267.